The molecule has 0 radical (unpaired) electrons. The summed E-state index contributed by atoms with van der Waals surface area (Å²) in [6, 6.07) is 74.9. The summed E-state index contributed by atoms with van der Waals surface area (Å²) < 4.78 is 4.74. The average Bonchev–Trinajstić information content (AvgIpc) is 3.86. The van der Waals surface area contributed by atoms with Crippen LogP contribution in [0.4, 0.5) is 0 Å². The van der Waals surface area contributed by atoms with Crippen LogP contribution in [0.1, 0.15) is 0 Å². The molecule has 0 N–H and O–H groups in total. The maximum absolute atomic E-state index is 5.31. The number of rotatable bonds is 4. The second kappa shape index (κ2) is 13.3. The lowest BCUT2D eigenvalue weighted by Gasteiger charge is -2.21. The Labute approximate surface area is 366 Å². The van der Waals surface area contributed by atoms with Gasteiger partial charge in [0.25, 0.3) is 0 Å². The second-order valence-electron chi connectivity index (χ2n) is 16.5. The van der Waals surface area contributed by atoms with Crippen molar-refractivity contribution in [3.8, 4) is 45.1 Å². The highest BCUT2D eigenvalue weighted by molar-refractivity contribution is 7.99. The Bertz CT molecular complexity index is 4060. The average molecular weight is 819 g/mol. The molecule has 0 amide bonds. The van der Waals surface area contributed by atoms with Crippen LogP contribution in [0.3, 0.4) is 0 Å². The molecule has 1 aliphatic rings. The van der Waals surface area contributed by atoms with Gasteiger partial charge >= 0.3 is 0 Å². The first-order valence-electron chi connectivity index (χ1n) is 21.4. The summed E-state index contributed by atoms with van der Waals surface area (Å²) in [5.74, 6) is 0.661. The third-order valence-electron chi connectivity index (χ3n) is 13.1. The molecule has 4 heterocycles. The third kappa shape index (κ3) is 5.05. The van der Waals surface area contributed by atoms with Crippen LogP contribution in [0, 0.1) is 0 Å². The van der Waals surface area contributed by atoms with Crippen LogP contribution in [0.2, 0.25) is 0 Å². The van der Waals surface area contributed by atoms with Gasteiger partial charge in [0.2, 0.25) is 5.95 Å². The molecule has 0 saturated carbocycles. The Kier molecular flexibility index (Phi) is 7.30. The van der Waals surface area contributed by atoms with Gasteiger partial charge in [-0.3, -0.25) is 4.57 Å². The number of nitrogens with zero attached hydrogens (tertiary/aromatic N) is 4. The van der Waals surface area contributed by atoms with Gasteiger partial charge in [0.15, 0.2) is 0 Å². The molecular weight excluding hydrogens is 785 g/mol. The van der Waals surface area contributed by atoms with E-state index in [1.165, 1.54) is 80.9 Å². The van der Waals surface area contributed by atoms with Gasteiger partial charge in [-0.25, -0.2) is 9.97 Å². The zero-order chi connectivity index (χ0) is 41.2. The minimum atomic E-state index is 0.661. The van der Waals surface area contributed by atoms with Gasteiger partial charge in [-0.05, 0) is 87.6 Å². The molecular formula is C58H34N4S. The summed E-state index contributed by atoms with van der Waals surface area (Å²) in [4.78, 5) is 13.1. The van der Waals surface area contributed by atoms with Crippen LogP contribution < -0.4 is 0 Å². The number of fused-ring (bicyclic) bond motifs is 11. The summed E-state index contributed by atoms with van der Waals surface area (Å²) in [6.45, 7) is 0. The van der Waals surface area contributed by atoms with Crippen molar-refractivity contribution in [2.45, 2.75) is 9.79 Å². The third-order valence-corrected chi connectivity index (χ3v) is 14.2. The smallest absolute Gasteiger partial charge is 0.235 e. The molecule has 0 fully saturated rings. The monoisotopic (exact) mass is 818 g/mol. The number of para-hydroxylation sites is 2. The van der Waals surface area contributed by atoms with Gasteiger partial charge in [0.05, 0.1) is 39.0 Å². The predicted octanol–water partition coefficient (Wildman–Crippen LogP) is 15.6. The van der Waals surface area contributed by atoms with Gasteiger partial charge in [-0.15, -0.1) is 0 Å². The summed E-state index contributed by atoms with van der Waals surface area (Å²) in [7, 11) is 0. The van der Waals surface area contributed by atoms with Crippen LogP contribution in [-0.4, -0.2) is 19.1 Å². The van der Waals surface area contributed by atoms with Gasteiger partial charge in [-0.1, -0.05) is 163 Å². The van der Waals surface area contributed by atoms with Crippen molar-refractivity contribution in [3.05, 3.63) is 206 Å². The fourth-order valence-corrected chi connectivity index (χ4v) is 11.5. The SMILES string of the molecule is c1ccc(-c2nc(-n3c4ccccc4c4cc(-c5ccc6c(c5)c5c7cccc8c7c(cc5n6-c5cccc6ccccc56)Sc5ccccc5-8)ccc43)nc3ccccc23)cc1. The van der Waals surface area contributed by atoms with E-state index < -0.39 is 0 Å². The Morgan fingerprint density at radius 3 is 1.89 bits per heavy atom. The van der Waals surface area contributed by atoms with Crippen molar-refractivity contribution in [1.29, 1.82) is 0 Å². The molecule has 63 heavy (non-hydrogen) atoms. The molecule has 5 heteroatoms. The maximum Gasteiger partial charge on any atom is 0.235 e. The van der Waals surface area contributed by atoms with Crippen molar-refractivity contribution in [2.24, 2.45) is 0 Å². The fourth-order valence-electron chi connectivity index (χ4n) is 10.3. The second-order valence-corrected chi connectivity index (χ2v) is 17.6. The topological polar surface area (TPSA) is 35.6 Å². The number of aromatic nitrogens is 4. The zero-order valence-corrected chi connectivity index (χ0v) is 34.6. The first-order chi connectivity index (χ1) is 31.2. The molecule has 0 saturated heterocycles. The summed E-state index contributed by atoms with van der Waals surface area (Å²) in [6.07, 6.45) is 0. The minimum absolute atomic E-state index is 0.661. The van der Waals surface area contributed by atoms with E-state index in [0.717, 1.165) is 44.1 Å². The Hall–Kier alpha value is -7.99. The van der Waals surface area contributed by atoms with Crippen LogP contribution in [0.5, 0.6) is 0 Å². The van der Waals surface area contributed by atoms with Crippen LogP contribution in [0.15, 0.2) is 216 Å². The Morgan fingerprint density at radius 1 is 0.349 bits per heavy atom. The first kappa shape index (κ1) is 34.7. The molecule has 10 aromatic carbocycles. The lowest BCUT2D eigenvalue weighted by molar-refractivity contribution is 1.01. The van der Waals surface area contributed by atoms with E-state index in [9.17, 15) is 0 Å². The van der Waals surface area contributed by atoms with Crippen LogP contribution in [-0.2, 0) is 0 Å². The highest BCUT2D eigenvalue weighted by Gasteiger charge is 2.25. The standard InChI is InChI=1S/C58H34N4S/c1-2-15-36(16-3-1)57-43-21-6-9-24-47(43)59-58(60-57)62-49-25-10-7-19-40(49)45-32-37(28-30-50(45)62)38-29-31-51-46(33-38)55-44-23-13-22-42-41-20-8-11-27-53(41)63-54(56(42)44)34-52(55)61(51)48-26-12-17-35-14-4-5-18-39(35)48/h1-34H. The van der Waals surface area contributed by atoms with Crippen molar-refractivity contribution in [1.82, 2.24) is 19.1 Å². The molecule has 3 aromatic heterocycles. The predicted molar refractivity (Wildman–Crippen MR) is 264 cm³/mol. The lowest BCUT2D eigenvalue weighted by Crippen LogP contribution is -2.03. The van der Waals surface area contributed by atoms with Crippen molar-refractivity contribution in [2.75, 3.05) is 0 Å². The van der Waals surface area contributed by atoms with E-state index in [4.69, 9.17) is 9.97 Å². The van der Waals surface area contributed by atoms with E-state index in [1.54, 1.807) is 0 Å². The van der Waals surface area contributed by atoms with Crippen molar-refractivity contribution < 1.29 is 0 Å². The van der Waals surface area contributed by atoms with Crippen LogP contribution >= 0.6 is 11.8 Å². The molecule has 0 atom stereocenters. The van der Waals surface area contributed by atoms with Gasteiger partial charge in [0, 0.05) is 53.1 Å². The number of hydrogen-bond donors (Lipinski definition) is 0. The van der Waals surface area contributed by atoms with E-state index in [1.807, 2.05) is 17.8 Å². The number of hydrogen-bond acceptors (Lipinski definition) is 3. The highest BCUT2D eigenvalue weighted by atomic mass is 32.2. The highest BCUT2D eigenvalue weighted by Crippen LogP contribution is 2.52. The van der Waals surface area contributed by atoms with Crippen LogP contribution in [0.25, 0.3) is 121 Å². The minimum Gasteiger partial charge on any atom is -0.309 e. The van der Waals surface area contributed by atoms with Crippen molar-refractivity contribution in [3.63, 3.8) is 0 Å². The van der Waals surface area contributed by atoms with E-state index in [-0.39, 0.29) is 0 Å². The lowest BCUT2D eigenvalue weighted by atomic mass is 9.94. The largest absolute Gasteiger partial charge is 0.309 e. The quantitative estimate of drug-likeness (QED) is 0.177. The Balaban J connectivity index is 1.02. The summed E-state index contributed by atoms with van der Waals surface area (Å²) in [5.41, 5.74) is 13.6. The van der Waals surface area contributed by atoms with E-state index in [0.29, 0.717) is 5.95 Å². The summed E-state index contributed by atoms with van der Waals surface area (Å²) in [5, 5.41) is 11.0. The van der Waals surface area contributed by atoms with Gasteiger partial charge in [0.1, 0.15) is 0 Å². The molecule has 4 nitrogen and oxygen atoms in total. The molecule has 0 bridgehead atoms. The van der Waals surface area contributed by atoms with Crippen molar-refractivity contribution >= 4 is 87.8 Å². The molecule has 0 aliphatic carbocycles. The van der Waals surface area contributed by atoms with Gasteiger partial charge < -0.3 is 4.57 Å². The van der Waals surface area contributed by atoms with Gasteiger partial charge in [-0.2, -0.15) is 0 Å². The molecule has 14 rings (SSSR count). The Morgan fingerprint density at radius 2 is 1.00 bits per heavy atom. The molecule has 1 aliphatic heterocycles. The maximum atomic E-state index is 5.31. The summed E-state index contributed by atoms with van der Waals surface area (Å²) >= 11 is 1.89. The molecule has 0 unspecified atom stereocenters. The normalized spacial score (nSPS) is 12.4. The molecule has 0 spiro atoms. The first-order valence-corrected chi connectivity index (χ1v) is 22.2. The number of benzene rings is 10. The fraction of sp³-hybridized carbons (Fsp3) is 0. The van der Waals surface area contributed by atoms with E-state index >= 15 is 0 Å². The molecule has 292 valence electrons. The molecule has 13 aromatic rings. The zero-order valence-electron chi connectivity index (χ0n) is 33.8. The van der Waals surface area contributed by atoms with E-state index in [2.05, 4.69) is 209 Å².